The van der Waals surface area contributed by atoms with E-state index >= 15 is 0 Å². The number of aromatic nitrogens is 1. The third-order valence-electron chi connectivity index (χ3n) is 2.44. The predicted octanol–water partition coefficient (Wildman–Crippen LogP) is 2.55. The van der Waals surface area contributed by atoms with Crippen LogP contribution in [0.1, 0.15) is 16.8 Å². The topological polar surface area (TPSA) is 66.1 Å². The number of hydrogen-bond acceptors (Lipinski definition) is 4. The van der Waals surface area contributed by atoms with Crippen LogP contribution in [0.25, 0.3) is 0 Å². The molecular formula is C14H12N2O2. The maximum atomic E-state index is 9.33. The summed E-state index contributed by atoms with van der Waals surface area (Å²) < 4.78 is 5.56. The van der Waals surface area contributed by atoms with Gasteiger partial charge < -0.3 is 9.84 Å². The van der Waals surface area contributed by atoms with Gasteiger partial charge >= 0.3 is 0 Å². The number of rotatable bonds is 3. The Morgan fingerprint density at radius 1 is 1.39 bits per heavy atom. The van der Waals surface area contributed by atoms with E-state index in [-0.39, 0.29) is 17.9 Å². The van der Waals surface area contributed by atoms with Crippen molar-refractivity contribution in [3.63, 3.8) is 0 Å². The summed E-state index contributed by atoms with van der Waals surface area (Å²) in [4.78, 5) is 4.00. The number of pyridine rings is 1. The number of aromatic hydroxyl groups is 1. The van der Waals surface area contributed by atoms with Gasteiger partial charge in [0, 0.05) is 0 Å². The van der Waals surface area contributed by atoms with Crippen LogP contribution in [0, 0.1) is 18.3 Å². The fourth-order valence-electron chi connectivity index (χ4n) is 1.52. The van der Waals surface area contributed by atoms with Gasteiger partial charge in [0.1, 0.15) is 18.4 Å². The van der Waals surface area contributed by atoms with Crippen molar-refractivity contribution in [3.8, 4) is 17.6 Å². The fraction of sp³-hybridized carbons (Fsp3) is 0.143. The molecule has 0 fully saturated rings. The van der Waals surface area contributed by atoms with Crippen LogP contribution in [0.4, 0.5) is 0 Å². The summed E-state index contributed by atoms with van der Waals surface area (Å²) in [6, 6.07) is 11.1. The van der Waals surface area contributed by atoms with Gasteiger partial charge in [-0.25, -0.2) is 0 Å². The van der Waals surface area contributed by atoms with E-state index in [0.29, 0.717) is 5.69 Å². The normalized spacial score (nSPS) is 9.78. The number of hydrogen-bond donors (Lipinski definition) is 1. The Morgan fingerprint density at radius 2 is 2.22 bits per heavy atom. The maximum absolute atomic E-state index is 9.33. The summed E-state index contributed by atoms with van der Waals surface area (Å²) in [6.45, 7) is 2.25. The molecule has 1 aromatic carbocycles. The van der Waals surface area contributed by atoms with Gasteiger partial charge in [0.15, 0.2) is 5.75 Å². The van der Waals surface area contributed by atoms with Crippen LogP contribution in [0.3, 0.4) is 0 Å². The van der Waals surface area contributed by atoms with Crippen LogP contribution >= 0.6 is 0 Å². The second-order valence-electron chi connectivity index (χ2n) is 3.91. The molecule has 4 nitrogen and oxygen atoms in total. The molecule has 1 aromatic heterocycles. The van der Waals surface area contributed by atoms with E-state index in [2.05, 4.69) is 4.98 Å². The lowest BCUT2D eigenvalue weighted by molar-refractivity contribution is 0.300. The van der Waals surface area contributed by atoms with Crippen molar-refractivity contribution in [2.24, 2.45) is 0 Å². The highest BCUT2D eigenvalue weighted by atomic mass is 16.5. The minimum Gasteiger partial charge on any atom is -0.505 e. The standard InChI is InChI=1S/C14H12N2O2/c1-10-3-2-4-13(5-10)18-9-12-6-11(7-15)14(17)8-16-12/h2-6,8,17H,9H2,1H3. The maximum Gasteiger partial charge on any atom is 0.151 e. The lowest BCUT2D eigenvalue weighted by atomic mass is 10.2. The third-order valence-corrected chi connectivity index (χ3v) is 2.44. The predicted molar refractivity (Wildman–Crippen MR) is 66.1 cm³/mol. The number of aryl methyl sites for hydroxylation is 1. The Kier molecular flexibility index (Phi) is 3.44. The summed E-state index contributed by atoms with van der Waals surface area (Å²) in [7, 11) is 0. The molecule has 1 heterocycles. The van der Waals surface area contributed by atoms with Crippen molar-refractivity contribution in [1.82, 2.24) is 4.98 Å². The molecule has 0 atom stereocenters. The van der Waals surface area contributed by atoms with E-state index in [9.17, 15) is 5.11 Å². The van der Waals surface area contributed by atoms with Crippen LogP contribution < -0.4 is 4.74 Å². The molecule has 2 rings (SSSR count). The van der Waals surface area contributed by atoms with Crippen LogP contribution in [-0.4, -0.2) is 10.1 Å². The Morgan fingerprint density at radius 3 is 2.94 bits per heavy atom. The molecule has 18 heavy (non-hydrogen) atoms. The monoisotopic (exact) mass is 240 g/mol. The first-order chi connectivity index (χ1) is 8.69. The van der Waals surface area contributed by atoms with Gasteiger partial charge in [-0.3, -0.25) is 4.98 Å². The number of benzene rings is 1. The van der Waals surface area contributed by atoms with E-state index in [1.54, 1.807) is 0 Å². The van der Waals surface area contributed by atoms with E-state index < -0.39 is 0 Å². The lowest BCUT2D eigenvalue weighted by Gasteiger charge is -2.06. The zero-order valence-electron chi connectivity index (χ0n) is 9.92. The minimum absolute atomic E-state index is 0.114. The van der Waals surface area contributed by atoms with Crippen LogP contribution in [0.2, 0.25) is 0 Å². The first-order valence-corrected chi connectivity index (χ1v) is 5.46. The molecule has 0 spiro atoms. The molecule has 1 N–H and O–H groups in total. The molecular weight excluding hydrogens is 228 g/mol. The van der Waals surface area contributed by atoms with Crippen molar-refractivity contribution >= 4 is 0 Å². The summed E-state index contributed by atoms with van der Waals surface area (Å²) in [6.07, 6.45) is 1.26. The third kappa shape index (κ3) is 2.77. The zero-order chi connectivity index (χ0) is 13.0. The van der Waals surface area contributed by atoms with Crippen molar-refractivity contribution in [2.75, 3.05) is 0 Å². The van der Waals surface area contributed by atoms with Crippen LogP contribution in [0.15, 0.2) is 36.5 Å². The molecule has 0 aliphatic rings. The second-order valence-corrected chi connectivity index (χ2v) is 3.91. The van der Waals surface area contributed by atoms with E-state index in [1.165, 1.54) is 12.3 Å². The molecule has 0 unspecified atom stereocenters. The number of ether oxygens (including phenoxy) is 1. The number of nitriles is 1. The van der Waals surface area contributed by atoms with Crippen molar-refractivity contribution in [2.45, 2.75) is 13.5 Å². The van der Waals surface area contributed by atoms with Gasteiger partial charge in [0.2, 0.25) is 0 Å². The molecule has 0 radical (unpaired) electrons. The molecule has 2 aromatic rings. The van der Waals surface area contributed by atoms with Gasteiger partial charge in [0.25, 0.3) is 0 Å². The average Bonchev–Trinajstić information content (AvgIpc) is 2.38. The first-order valence-electron chi connectivity index (χ1n) is 5.46. The van der Waals surface area contributed by atoms with Crippen molar-refractivity contribution in [3.05, 3.63) is 53.3 Å². The van der Waals surface area contributed by atoms with Gasteiger partial charge in [0.05, 0.1) is 17.5 Å². The molecule has 0 saturated carbocycles. The van der Waals surface area contributed by atoms with Crippen LogP contribution in [-0.2, 0) is 6.61 Å². The van der Waals surface area contributed by atoms with E-state index in [1.807, 2.05) is 37.3 Å². The smallest absolute Gasteiger partial charge is 0.151 e. The molecule has 4 heteroatoms. The molecule has 0 bridgehead atoms. The summed E-state index contributed by atoms with van der Waals surface area (Å²) >= 11 is 0. The highest BCUT2D eigenvalue weighted by Crippen LogP contribution is 2.17. The Labute approximate surface area is 105 Å². The van der Waals surface area contributed by atoms with E-state index in [4.69, 9.17) is 10.00 Å². The second kappa shape index (κ2) is 5.19. The quantitative estimate of drug-likeness (QED) is 0.895. The lowest BCUT2D eigenvalue weighted by Crippen LogP contribution is -1.99. The Hall–Kier alpha value is -2.54. The highest BCUT2D eigenvalue weighted by molar-refractivity contribution is 5.41. The molecule has 0 saturated heterocycles. The summed E-state index contributed by atoms with van der Waals surface area (Å²) in [5, 5.41) is 18.1. The molecule has 0 aliphatic heterocycles. The fourth-order valence-corrected chi connectivity index (χ4v) is 1.52. The van der Waals surface area contributed by atoms with Crippen molar-refractivity contribution in [1.29, 1.82) is 5.26 Å². The Bertz CT molecular complexity index is 603. The van der Waals surface area contributed by atoms with Gasteiger partial charge in [-0.15, -0.1) is 0 Å². The average molecular weight is 240 g/mol. The molecule has 0 amide bonds. The van der Waals surface area contributed by atoms with E-state index in [0.717, 1.165) is 11.3 Å². The Balaban J connectivity index is 2.09. The molecule has 90 valence electrons. The van der Waals surface area contributed by atoms with Crippen LogP contribution in [0.5, 0.6) is 11.5 Å². The minimum atomic E-state index is -0.114. The highest BCUT2D eigenvalue weighted by Gasteiger charge is 2.04. The largest absolute Gasteiger partial charge is 0.505 e. The van der Waals surface area contributed by atoms with Gasteiger partial charge in [-0.2, -0.15) is 5.26 Å². The zero-order valence-corrected chi connectivity index (χ0v) is 9.92. The summed E-state index contributed by atoms with van der Waals surface area (Å²) in [5.74, 6) is 0.639. The van der Waals surface area contributed by atoms with Crippen molar-refractivity contribution < 1.29 is 9.84 Å². The summed E-state index contributed by atoms with van der Waals surface area (Å²) in [5.41, 5.74) is 1.92. The molecule has 0 aliphatic carbocycles. The van der Waals surface area contributed by atoms with Gasteiger partial charge in [-0.1, -0.05) is 12.1 Å². The first kappa shape index (κ1) is 11.9. The SMILES string of the molecule is Cc1cccc(OCc2cc(C#N)c(O)cn2)c1. The number of nitrogens with zero attached hydrogens (tertiary/aromatic N) is 2. The van der Waals surface area contributed by atoms with Gasteiger partial charge in [-0.05, 0) is 30.7 Å².